The molecule has 0 aliphatic heterocycles. The number of thiophene rings is 1. The van der Waals surface area contributed by atoms with Gasteiger partial charge in [-0.1, -0.05) is 18.0 Å². The molecule has 0 saturated heterocycles. The predicted molar refractivity (Wildman–Crippen MR) is 77.6 cm³/mol. The Labute approximate surface area is 122 Å². The van der Waals surface area contributed by atoms with Gasteiger partial charge in [0.05, 0.1) is 10.9 Å². The smallest absolute Gasteiger partial charge is 0.315 e. The first kappa shape index (κ1) is 14.6. The summed E-state index contributed by atoms with van der Waals surface area (Å²) in [6.45, 7) is 2.22. The highest BCUT2D eigenvalue weighted by molar-refractivity contribution is 7.16. The molecule has 0 bridgehead atoms. The van der Waals surface area contributed by atoms with E-state index >= 15 is 0 Å². The van der Waals surface area contributed by atoms with Gasteiger partial charge in [0.25, 0.3) is 0 Å². The molecule has 2 amide bonds. The summed E-state index contributed by atoms with van der Waals surface area (Å²) in [6.07, 6.45) is 2.94. The van der Waals surface area contributed by atoms with Crippen molar-refractivity contribution in [3.05, 3.63) is 21.3 Å². The predicted octanol–water partition coefficient (Wildman–Crippen LogP) is 2.92. The molecular formula is C13H19ClN2O2S. The highest BCUT2D eigenvalue weighted by Crippen LogP contribution is 2.29. The second-order valence-electron chi connectivity index (χ2n) is 4.99. The van der Waals surface area contributed by atoms with Crippen LogP contribution in [0, 0.1) is 5.92 Å². The van der Waals surface area contributed by atoms with Crippen LogP contribution in [0.2, 0.25) is 4.34 Å². The van der Waals surface area contributed by atoms with E-state index in [0.29, 0.717) is 10.3 Å². The molecule has 0 spiro atoms. The molecule has 1 aliphatic rings. The Hall–Kier alpha value is -0.780. The molecule has 4 nitrogen and oxygen atoms in total. The Bertz CT molecular complexity index is 434. The van der Waals surface area contributed by atoms with Crippen LogP contribution in [0.4, 0.5) is 4.79 Å². The van der Waals surface area contributed by atoms with E-state index in [2.05, 4.69) is 10.6 Å². The zero-order chi connectivity index (χ0) is 13.8. The van der Waals surface area contributed by atoms with Crippen LogP contribution in [0.5, 0.6) is 0 Å². The van der Waals surface area contributed by atoms with Gasteiger partial charge in [0.15, 0.2) is 0 Å². The average Bonchev–Trinajstić information content (AvgIpc) is 2.70. The quantitative estimate of drug-likeness (QED) is 0.783. The van der Waals surface area contributed by atoms with Crippen LogP contribution in [0.1, 0.15) is 37.2 Å². The van der Waals surface area contributed by atoms with Gasteiger partial charge in [-0.3, -0.25) is 0 Å². The molecule has 1 heterocycles. The molecule has 1 aliphatic carbocycles. The molecule has 1 fully saturated rings. The lowest BCUT2D eigenvalue weighted by molar-refractivity contribution is 0.173. The van der Waals surface area contributed by atoms with Crippen LogP contribution in [-0.2, 0) is 0 Å². The normalized spacial score (nSPS) is 18.5. The van der Waals surface area contributed by atoms with E-state index in [4.69, 9.17) is 11.6 Å². The number of carbonyl (C=O) groups is 1. The summed E-state index contributed by atoms with van der Waals surface area (Å²) in [7, 11) is 0. The average molecular weight is 303 g/mol. The van der Waals surface area contributed by atoms with Crippen molar-refractivity contribution >= 4 is 29.0 Å². The second kappa shape index (κ2) is 6.59. The number of aliphatic hydroxyl groups excluding tert-OH is 1. The summed E-state index contributed by atoms with van der Waals surface area (Å²) < 4.78 is 0.636. The molecular weight excluding hydrogens is 284 g/mol. The van der Waals surface area contributed by atoms with Crippen molar-refractivity contribution in [3.63, 3.8) is 0 Å². The van der Waals surface area contributed by atoms with Crippen LogP contribution >= 0.6 is 22.9 Å². The molecule has 0 radical (unpaired) electrons. The van der Waals surface area contributed by atoms with Crippen molar-refractivity contribution in [1.29, 1.82) is 0 Å². The standard InChI is InChI=1S/C13H19ClN2O2S/c1-8(9-3-2-4-9)16-13(18)15-7-10(17)11-5-6-12(14)19-11/h5-6,8-10,17H,2-4,7H2,1H3,(H2,15,16,18). The largest absolute Gasteiger partial charge is 0.386 e. The fraction of sp³-hybridized carbons (Fsp3) is 0.615. The number of amides is 2. The second-order valence-corrected chi connectivity index (χ2v) is 6.74. The van der Waals surface area contributed by atoms with Gasteiger partial charge in [0.2, 0.25) is 0 Å². The molecule has 2 atom stereocenters. The third-order valence-corrected chi connectivity index (χ3v) is 4.93. The highest BCUT2D eigenvalue weighted by Gasteiger charge is 2.25. The first-order valence-electron chi connectivity index (χ1n) is 6.54. The number of aliphatic hydroxyl groups is 1. The molecule has 1 saturated carbocycles. The molecule has 106 valence electrons. The van der Waals surface area contributed by atoms with E-state index in [1.807, 2.05) is 6.92 Å². The highest BCUT2D eigenvalue weighted by atomic mass is 35.5. The lowest BCUT2D eigenvalue weighted by Crippen LogP contribution is -2.46. The molecule has 3 N–H and O–H groups in total. The third-order valence-electron chi connectivity index (χ3n) is 3.59. The summed E-state index contributed by atoms with van der Waals surface area (Å²) in [5.74, 6) is 0.603. The van der Waals surface area contributed by atoms with Crippen molar-refractivity contribution in [2.45, 2.75) is 38.3 Å². The van der Waals surface area contributed by atoms with Crippen LogP contribution in [0.25, 0.3) is 0 Å². The van der Waals surface area contributed by atoms with Gasteiger partial charge in [-0.2, -0.15) is 0 Å². The van der Waals surface area contributed by atoms with E-state index < -0.39 is 6.10 Å². The molecule has 1 aromatic rings. The Balaban J connectivity index is 1.70. The fourth-order valence-electron chi connectivity index (χ4n) is 2.11. The Morgan fingerprint density at radius 3 is 2.84 bits per heavy atom. The number of hydrogen-bond acceptors (Lipinski definition) is 3. The summed E-state index contributed by atoms with van der Waals surface area (Å²) in [4.78, 5) is 12.4. The van der Waals surface area contributed by atoms with Gasteiger partial charge < -0.3 is 15.7 Å². The van der Waals surface area contributed by atoms with Crippen molar-refractivity contribution in [2.75, 3.05) is 6.54 Å². The molecule has 2 unspecified atom stereocenters. The van der Waals surface area contributed by atoms with E-state index in [0.717, 1.165) is 4.88 Å². The Kier molecular flexibility index (Phi) is 5.07. The van der Waals surface area contributed by atoms with E-state index in [1.165, 1.54) is 30.6 Å². The van der Waals surface area contributed by atoms with Crippen LogP contribution in [0.3, 0.4) is 0 Å². The minimum absolute atomic E-state index is 0.195. The molecule has 0 aromatic carbocycles. The van der Waals surface area contributed by atoms with Crippen LogP contribution in [0.15, 0.2) is 12.1 Å². The van der Waals surface area contributed by atoms with Gasteiger partial charge in [-0.15, -0.1) is 11.3 Å². The zero-order valence-electron chi connectivity index (χ0n) is 10.9. The maximum absolute atomic E-state index is 11.7. The number of urea groups is 1. The SMILES string of the molecule is CC(NC(=O)NCC(O)c1ccc(Cl)s1)C1CCC1. The monoisotopic (exact) mass is 302 g/mol. The lowest BCUT2D eigenvalue weighted by Gasteiger charge is -2.31. The van der Waals surface area contributed by atoms with Crippen molar-refractivity contribution in [3.8, 4) is 0 Å². The van der Waals surface area contributed by atoms with E-state index in [-0.39, 0.29) is 18.6 Å². The molecule has 6 heteroatoms. The van der Waals surface area contributed by atoms with E-state index in [9.17, 15) is 9.90 Å². The fourth-order valence-corrected chi connectivity index (χ4v) is 3.16. The molecule has 1 aromatic heterocycles. The first-order chi connectivity index (χ1) is 9.06. The zero-order valence-corrected chi connectivity index (χ0v) is 12.4. The van der Waals surface area contributed by atoms with Gasteiger partial charge in [-0.25, -0.2) is 4.79 Å². The van der Waals surface area contributed by atoms with Crippen molar-refractivity contribution in [1.82, 2.24) is 10.6 Å². The molecule has 19 heavy (non-hydrogen) atoms. The van der Waals surface area contributed by atoms with Gasteiger partial charge in [0.1, 0.15) is 6.10 Å². The topological polar surface area (TPSA) is 61.4 Å². The van der Waals surface area contributed by atoms with Crippen molar-refractivity contribution in [2.24, 2.45) is 5.92 Å². The van der Waals surface area contributed by atoms with Crippen molar-refractivity contribution < 1.29 is 9.90 Å². The number of nitrogens with one attached hydrogen (secondary N) is 2. The third kappa shape index (κ3) is 4.09. The molecule has 2 rings (SSSR count). The van der Waals surface area contributed by atoms with Crippen LogP contribution in [-0.4, -0.2) is 23.7 Å². The summed E-state index contributed by atoms with van der Waals surface area (Å²) in [5, 5.41) is 15.5. The van der Waals surface area contributed by atoms with Gasteiger partial charge in [-0.05, 0) is 37.8 Å². The number of hydrogen-bond donors (Lipinski definition) is 3. The maximum Gasteiger partial charge on any atom is 0.315 e. The number of rotatable bonds is 5. The van der Waals surface area contributed by atoms with Gasteiger partial charge in [0, 0.05) is 10.9 Å². The summed E-state index contributed by atoms with van der Waals surface area (Å²) in [5.41, 5.74) is 0. The number of carbonyl (C=O) groups excluding carboxylic acids is 1. The first-order valence-corrected chi connectivity index (χ1v) is 7.73. The minimum Gasteiger partial charge on any atom is -0.386 e. The summed E-state index contributed by atoms with van der Waals surface area (Å²) in [6, 6.07) is 3.49. The minimum atomic E-state index is -0.706. The van der Waals surface area contributed by atoms with Gasteiger partial charge >= 0.3 is 6.03 Å². The van der Waals surface area contributed by atoms with E-state index in [1.54, 1.807) is 12.1 Å². The number of halogens is 1. The Morgan fingerprint density at radius 2 is 2.32 bits per heavy atom. The lowest BCUT2D eigenvalue weighted by atomic mass is 9.80. The summed E-state index contributed by atoms with van der Waals surface area (Å²) >= 11 is 7.12. The maximum atomic E-state index is 11.7. The Morgan fingerprint density at radius 1 is 1.58 bits per heavy atom. The van der Waals surface area contributed by atoms with Crippen LogP contribution < -0.4 is 10.6 Å².